The number of rotatable bonds is 3. The topological polar surface area (TPSA) is 46.5 Å². The van der Waals surface area contributed by atoms with Gasteiger partial charge in [-0.2, -0.15) is 0 Å². The average molecular weight is 132 g/mol. The highest BCUT2D eigenvalue weighted by Crippen LogP contribution is 2.01. The second-order valence-corrected chi connectivity index (χ2v) is 1.94. The predicted octanol–water partition coefficient (Wildman–Crippen LogP) is 0.178. The molecule has 54 valence electrons. The maximum absolute atomic E-state index is 10.6. The highest BCUT2D eigenvalue weighted by atomic mass is 16.5. The molecule has 1 N–H and O–H groups in total. The van der Waals surface area contributed by atoms with Crippen molar-refractivity contribution in [3.05, 3.63) is 0 Å². The Kier molecular flexibility index (Phi) is 4.05. The quantitative estimate of drug-likeness (QED) is 0.557. The lowest BCUT2D eigenvalue weighted by molar-refractivity contribution is -0.145. The van der Waals surface area contributed by atoms with E-state index in [0.717, 1.165) is 0 Å². The standard InChI is InChI=1S/C6H12O3/c1-5(3-4-7)6(8)9-2/h5,7H,3-4H2,1-2H3. The third-order valence-corrected chi connectivity index (χ3v) is 1.17. The number of carbonyl (C=O) groups excluding carboxylic acids is 1. The van der Waals surface area contributed by atoms with Gasteiger partial charge in [0.25, 0.3) is 0 Å². The molecule has 3 heteroatoms. The van der Waals surface area contributed by atoms with Crippen LogP contribution in [-0.2, 0) is 9.53 Å². The van der Waals surface area contributed by atoms with Crippen LogP contribution in [-0.4, -0.2) is 24.8 Å². The second kappa shape index (κ2) is 4.32. The molecule has 0 aromatic rings. The lowest BCUT2D eigenvalue weighted by Crippen LogP contribution is -2.13. The molecule has 9 heavy (non-hydrogen) atoms. The molecule has 0 heterocycles. The van der Waals surface area contributed by atoms with E-state index in [1.54, 1.807) is 6.92 Å². The third-order valence-electron chi connectivity index (χ3n) is 1.17. The van der Waals surface area contributed by atoms with E-state index in [9.17, 15) is 4.79 Å². The van der Waals surface area contributed by atoms with Crippen molar-refractivity contribution < 1.29 is 14.6 Å². The summed E-state index contributed by atoms with van der Waals surface area (Å²) in [5.41, 5.74) is 0. The Balaban J connectivity index is 3.45. The first-order chi connectivity index (χ1) is 4.22. The average Bonchev–Trinajstić information content (AvgIpc) is 1.87. The number of aliphatic hydroxyl groups excluding tert-OH is 1. The summed E-state index contributed by atoms with van der Waals surface area (Å²) >= 11 is 0. The molecule has 1 unspecified atom stereocenters. The highest BCUT2D eigenvalue weighted by molar-refractivity contribution is 5.71. The third kappa shape index (κ3) is 3.08. The van der Waals surface area contributed by atoms with E-state index in [1.165, 1.54) is 7.11 Å². The molecule has 0 radical (unpaired) electrons. The molecule has 0 saturated carbocycles. The lowest BCUT2D eigenvalue weighted by Gasteiger charge is -2.04. The van der Waals surface area contributed by atoms with Crippen LogP contribution >= 0.6 is 0 Å². The minimum absolute atomic E-state index is 0.0380. The molecule has 0 aliphatic carbocycles. The van der Waals surface area contributed by atoms with Crippen LogP contribution in [0, 0.1) is 5.92 Å². The highest BCUT2D eigenvalue weighted by Gasteiger charge is 2.10. The first-order valence-corrected chi connectivity index (χ1v) is 2.91. The summed E-state index contributed by atoms with van der Waals surface area (Å²) in [6, 6.07) is 0. The van der Waals surface area contributed by atoms with Crippen molar-refractivity contribution in [1.82, 2.24) is 0 Å². The summed E-state index contributed by atoms with van der Waals surface area (Å²) in [5, 5.41) is 8.37. The van der Waals surface area contributed by atoms with Crippen molar-refractivity contribution >= 4 is 5.97 Å². The number of carbonyl (C=O) groups is 1. The van der Waals surface area contributed by atoms with Crippen LogP contribution < -0.4 is 0 Å². The van der Waals surface area contributed by atoms with Crippen LogP contribution in [0.5, 0.6) is 0 Å². The number of esters is 1. The molecule has 0 fully saturated rings. The fourth-order valence-electron chi connectivity index (χ4n) is 0.513. The van der Waals surface area contributed by atoms with Crippen molar-refractivity contribution in [1.29, 1.82) is 0 Å². The zero-order valence-electron chi connectivity index (χ0n) is 5.76. The zero-order valence-corrected chi connectivity index (χ0v) is 5.76. The lowest BCUT2D eigenvalue weighted by atomic mass is 10.1. The van der Waals surface area contributed by atoms with Gasteiger partial charge in [-0.15, -0.1) is 0 Å². The number of methoxy groups -OCH3 is 1. The Hall–Kier alpha value is -0.570. The van der Waals surface area contributed by atoms with E-state index in [0.29, 0.717) is 6.42 Å². The fraction of sp³-hybridized carbons (Fsp3) is 0.833. The van der Waals surface area contributed by atoms with Crippen molar-refractivity contribution in [2.45, 2.75) is 13.3 Å². The van der Waals surface area contributed by atoms with Gasteiger partial charge in [-0.3, -0.25) is 4.79 Å². The van der Waals surface area contributed by atoms with Crippen molar-refractivity contribution in [3.8, 4) is 0 Å². The zero-order chi connectivity index (χ0) is 7.28. The summed E-state index contributed by atoms with van der Waals surface area (Å²) in [4.78, 5) is 10.6. The van der Waals surface area contributed by atoms with E-state index >= 15 is 0 Å². The number of hydrogen-bond acceptors (Lipinski definition) is 3. The summed E-state index contributed by atoms with van der Waals surface area (Å²) < 4.78 is 4.41. The summed E-state index contributed by atoms with van der Waals surface area (Å²) in [6.45, 7) is 1.76. The van der Waals surface area contributed by atoms with Crippen LogP contribution in [0.15, 0.2) is 0 Å². The molecule has 0 aromatic carbocycles. The maximum Gasteiger partial charge on any atom is 0.308 e. The van der Waals surface area contributed by atoms with Crippen molar-refractivity contribution in [3.63, 3.8) is 0 Å². The van der Waals surface area contributed by atoms with Gasteiger partial charge < -0.3 is 9.84 Å². The molecule has 0 aliphatic heterocycles. The van der Waals surface area contributed by atoms with E-state index in [-0.39, 0.29) is 18.5 Å². The van der Waals surface area contributed by atoms with Crippen molar-refractivity contribution in [2.24, 2.45) is 5.92 Å². The fourth-order valence-corrected chi connectivity index (χ4v) is 0.513. The van der Waals surface area contributed by atoms with Gasteiger partial charge in [0.2, 0.25) is 0 Å². The molecular formula is C6H12O3. The Morgan fingerprint density at radius 3 is 2.67 bits per heavy atom. The minimum Gasteiger partial charge on any atom is -0.469 e. The molecule has 0 spiro atoms. The molecule has 0 bridgehead atoms. The van der Waals surface area contributed by atoms with Gasteiger partial charge in [-0.25, -0.2) is 0 Å². The second-order valence-electron chi connectivity index (χ2n) is 1.94. The Bertz CT molecular complexity index is 90.3. The Morgan fingerprint density at radius 1 is 1.78 bits per heavy atom. The summed E-state index contributed by atoms with van der Waals surface area (Å²) in [7, 11) is 1.34. The normalized spacial score (nSPS) is 12.8. The van der Waals surface area contributed by atoms with E-state index in [1.807, 2.05) is 0 Å². The molecule has 0 aliphatic rings. The van der Waals surface area contributed by atoms with Gasteiger partial charge >= 0.3 is 5.97 Å². The van der Waals surface area contributed by atoms with Crippen LogP contribution in [0.1, 0.15) is 13.3 Å². The van der Waals surface area contributed by atoms with Crippen LogP contribution in [0.4, 0.5) is 0 Å². The minimum atomic E-state index is -0.260. The van der Waals surface area contributed by atoms with Gasteiger partial charge in [0.05, 0.1) is 13.0 Å². The Labute approximate surface area is 54.6 Å². The van der Waals surface area contributed by atoms with E-state index in [2.05, 4.69) is 4.74 Å². The molecule has 0 amide bonds. The van der Waals surface area contributed by atoms with E-state index in [4.69, 9.17) is 5.11 Å². The number of ether oxygens (including phenoxy) is 1. The monoisotopic (exact) mass is 132 g/mol. The maximum atomic E-state index is 10.6. The van der Waals surface area contributed by atoms with Gasteiger partial charge in [0.1, 0.15) is 0 Å². The molecule has 0 rings (SSSR count). The van der Waals surface area contributed by atoms with Gasteiger partial charge in [-0.05, 0) is 6.42 Å². The van der Waals surface area contributed by atoms with Gasteiger partial charge in [-0.1, -0.05) is 6.92 Å². The Morgan fingerprint density at radius 2 is 2.33 bits per heavy atom. The van der Waals surface area contributed by atoms with E-state index < -0.39 is 0 Å². The summed E-state index contributed by atoms with van der Waals surface area (Å²) in [5.74, 6) is -0.441. The molecule has 0 aromatic heterocycles. The van der Waals surface area contributed by atoms with Crippen LogP contribution in [0.2, 0.25) is 0 Å². The van der Waals surface area contributed by atoms with Crippen LogP contribution in [0.3, 0.4) is 0 Å². The smallest absolute Gasteiger partial charge is 0.308 e. The number of hydrogen-bond donors (Lipinski definition) is 1. The van der Waals surface area contributed by atoms with Gasteiger partial charge in [0.15, 0.2) is 0 Å². The first-order valence-electron chi connectivity index (χ1n) is 2.91. The molecular weight excluding hydrogens is 120 g/mol. The molecule has 1 atom stereocenters. The largest absolute Gasteiger partial charge is 0.469 e. The first kappa shape index (κ1) is 8.43. The predicted molar refractivity (Wildman–Crippen MR) is 32.9 cm³/mol. The molecule has 0 saturated heterocycles. The SMILES string of the molecule is COC(=O)C(C)CCO. The molecule has 3 nitrogen and oxygen atoms in total. The number of aliphatic hydroxyl groups is 1. The van der Waals surface area contributed by atoms with Gasteiger partial charge in [0, 0.05) is 6.61 Å². The van der Waals surface area contributed by atoms with Crippen molar-refractivity contribution in [2.75, 3.05) is 13.7 Å². The summed E-state index contributed by atoms with van der Waals surface area (Å²) in [6.07, 6.45) is 0.479. The van der Waals surface area contributed by atoms with Crippen LogP contribution in [0.25, 0.3) is 0 Å².